The molecular weight excluding hydrogens is 244 g/mol. The Balaban J connectivity index is 1.85. The maximum absolute atomic E-state index is 11.8. The van der Waals surface area contributed by atoms with Crippen LogP contribution < -0.4 is 5.56 Å². The first-order valence-corrected chi connectivity index (χ1v) is 6.14. The second kappa shape index (κ2) is 5.78. The third kappa shape index (κ3) is 3.53. The number of amides is 1. The molecule has 1 fully saturated rings. The number of carbonyl (C=O) groups is 1. The lowest BCUT2D eigenvalue weighted by molar-refractivity contribution is -0.132. The molecule has 17 heavy (non-hydrogen) atoms. The third-order valence-electron chi connectivity index (χ3n) is 2.25. The van der Waals surface area contributed by atoms with Crippen molar-refractivity contribution >= 4 is 17.7 Å². The number of H-pyrrole nitrogens is 1. The Morgan fingerprint density at radius 1 is 1.53 bits per heavy atom. The second-order valence-electron chi connectivity index (χ2n) is 3.42. The fourth-order valence-corrected chi connectivity index (χ4v) is 2.12. The van der Waals surface area contributed by atoms with Crippen molar-refractivity contribution in [3.05, 3.63) is 16.6 Å². The summed E-state index contributed by atoms with van der Waals surface area (Å²) in [6.07, 6.45) is 1.09. The molecule has 1 saturated heterocycles. The third-order valence-corrected chi connectivity index (χ3v) is 3.10. The number of rotatable bonds is 3. The van der Waals surface area contributed by atoms with Gasteiger partial charge < -0.3 is 9.64 Å². The number of ether oxygens (including phenoxy) is 1. The normalized spacial score (nSPS) is 15.9. The molecule has 7 nitrogen and oxygen atoms in total. The Hall–Kier alpha value is -1.41. The molecule has 0 radical (unpaired) electrons. The number of morpholine rings is 1. The fourth-order valence-electron chi connectivity index (χ4n) is 1.40. The number of nitrogens with zero attached hydrogens (tertiary/aromatic N) is 3. The summed E-state index contributed by atoms with van der Waals surface area (Å²) in [5.41, 5.74) is -0.318. The molecule has 2 heterocycles. The molecule has 2 rings (SSSR count). The van der Waals surface area contributed by atoms with Gasteiger partial charge in [0.15, 0.2) is 5.16 Å². The monoisotopic (exact) mass is 256 g/mol. The van der Waals surface area contributed by atoms with Gasteiger partial charge >= 0.3 is 0 Å². The number of aromatic nitrogens is 3. The smallest absolute Gasteiger partial charge is 0.270 e. The number of nitrogens with one attached hydrogen (secondary N) is 1. The van der Waals surface area contributed by atoms with Crippen molar-refractivity contribution in [2.45, 2.75) is 5.16 Å². The molecular formula is C9H12N4O3S. The van der Waals surface area contributed by atoms with E-state index in [-0.39, 0.29) is 17.2 Å². The number of carbonyl (C=O) groups excluding carboxylic acids is 1. The van der Waals surface area contributed by atoms with Gasteiger partial charge in [-0.25, -0.2) is 0 Å². The minimum Gasteiger partial charge on any atom is -0.378 e. The van der Waals surface area contributed by atoms with Crippen molar-refractivity contribution in [3.63, 3.8) is 0 Å². The van der Waals surface area contributed by atoms with Crippen molar-refractivity contribution in [2.24, 2.45) is 0 Å². The molecule has 0 aromatic carbocycles. The lowest BCUT2D eigenvalue weighted by Crippen LogP contribution is -2.41. The van der Waals surface area contributed by atoms with E-state index in [1.54, 1.807) is 4.90 Å². The maximum atomic E-state index is 11.8. The van der Waals surface area contributed by atoms with E-state index >= 15 is 0 Å². The van der Waals surface area contributed by atoms with Gasteiger partial charge in [0.1, 0.15) is 6.20 Å². The van der Waals surface area contributed by atoms with E-state index in [0.717, 1.165) is 6.20 Å². The van der Waals surface area contributed by atoms with Crippen LogP contribution in [0.4, 0.5) is 0 Å². The van der Waals surface area contributed by atoms with Gasteiger partial charge in [-0.2, -0.15) is 5.10 Å². The minimum atomic E-state index is -0.318. The van der Waals surface area contributed by atoms with Crippen LogP contribution in [0.25, 0.3) is 0 Å². The van der Waals surface area contributed by atoms with Crippen LogP contribution in [-0.2, 0) is 9.53 Å². The lowest BCUT2D eigenvalue weighted by Gasteiger charge is -2.26. The molecule has 0 atom stereocenters. The molecule has 0 spiro atoms. The largest absolute Gasteiger partial charge is 0.378 e. The highest BCUT2D eigenvalue weighted by Crippen LogP contribution is 2.11. The second-order valence-corrected chi connectivity index (χ2v) is 4.38. The molecule has 1 aliphatic rings. The van der Waals surface area contributed by atoms with E-state index in [0.29, 0.717) is 31.5 Å². The summed E-state index contributed by atoms with van der Waals surface area (Å²) in [4.78, 5) is 27.0. The minimum absolute atomic E-state index is 0.0183. The molecule has 0 bridgehead atoms. The number of thioether (sulfide) groups is 1. The molecule has 0 aliphatic carbocycles. The molecule has 1 amide bonds. The van der Waals surface area contributed by atoms with Crippen molar-refractivity contribution in [1.29, 1.82) is 0 Å². The zero-order valence-electron chi connectivity index (χ0n) is 9.09. The van der Waals surface area contributed by atoms with E-state index in [2.05, 4.69) is 15.2 Å². The average Bonchev–Trinajstić information content (AvgIpc) is 2.37. The van der Waals surface area contributed by atoms with Crippen LogP contribution in [0, 0.1) is 0 Å². The van der Waals surface area contributed by atoms with Crippen LogP contribution in [0.15, 0.2) is 16.1 Å². The van der Waals surface area contributed by atoms with Crippen molar-refractivity contribution in [3.8, 4) is 0 Å². The Kier molecular flexibility index (Phi) is 4.10. The summed E-state index contributed by atoms with van der Waals surface area (Å²) in [7, 11) is 0. The first kappa shape index (κ1) is 12.1. The predicted molar refractivity (Wildman–Crippen MR) is 60.8 cm³/mol. The Morgan fingerprint density at radius 3 is 3.00 bits per heavy atom. The van der Waals surface area contributed by atoms with Crippen molar-refractivity contribution in [2.75, 3.05) is 32.1 Å². The fraction of sp³-hybridized carbons (Fsp3) is 0.556. The standard InChI is InChI=1S/C9H12N4O3S/c14-7-5-10-12-9(11-7)17-6-8(15)13-1-3-16-4-2-13/h5H,1-4,6H2,(H,11,12,14). The van der Waals surface area contributed by atoms with Gasteiger partial charge in [-0.3, -0.25) is 14.6 Å². The first-order chi connectivity index (χ1) is 8.25. The molecule has 1 aromatic rings. The van der Waals surface area contributed by atoms with Gasteiger partial charge in [0.25, 0.3) is 5.56 Å². The van der Waals surface area contributed by atoms with Crippen LogP contribution in [0.2, 0.25) is 0 Å². The number of aromatic amines is 1. The van der Waals surface area contributed by atoms with Crippen LogP contribution in [0.1, 0.15) is 0 Å². The van der Waals surface area contributed by atoms with E-state index in [1.165, 1.54) is 11.8 Å². The zero-order chi connectivity index (χ0) is 12.1. The van der Waals surface area contributed by atoms with Crippen molar-refractivity contribution < 1.29 is 9.53 Å². The Bertz CT molecular complexity index is 444. The van der Waals surface area contributed by atoms with Crippen LogP contribution in [0.3, 0.4) is 0 Å². The van der Waals surface area contributed by atoms with Crippen LogP contribution in [-0.4, -0.2) is 58.0 Å². The van der Waals surface area contributed by atoms with E-state index < -0.39 is 0 Å². The van der Waals surface area contributed by atoms with Gasteiger partial charge in [-0.15, -0.1) is 5.10 Å². The van der Waals surface area contributed by atoms with Gasteiger partial charge in [-0.1, -0.05) is 11.8 Å². The number of hydrogen-bond acceptors (Lipinski definition) is 6. The summed E-state index contributed by atoms with van der Waals surface area (Å²) >= 11 is 1.18. The highest BCUT2D eigenvalue weighted by atomic mass is 32.2. The summed E-state index contributed by atoms with van der Waals surface area (Å²) in [6, 6.07) is 0. The van der Waals surface area contributed by atoms with Gasteiger partial charge in [0.2, 0.25) is 5.91 Å². The highest BCUT2D eigenvalue weighted by molar-refractivity contribution is 7.99. The Labute approximate surface area is 102 Å². The summed E-state index contributed by atoms with van der Waals surface area (Å²) in [6.45, 7) is 2.41. The van der Waals surface area contributed by atoms with Crippen LogP contribution >= 0.6 is 11.8 Å². The van der Waals surface area contributed by atoms with Gasteiger partial charge in [0, 0.05) is 13.1 Å². The Morgan fingerprint density at radius 2 is 2.29 bits per heavy atom. The van der Waals surface area contributed by atoms with E-state index in [9.17, 15) is 9.59 Å². The molecule has 0 saturated carbocycles. The predicted octanol–water partition coefficient (Wildman–Crippen LogP) is -0.884. The van der Waals surface area contributed by atoms with E-state index in [4.69, 9.17) is 4.74 Å². The maximum Gasteiger partial charge on any atom is 0.270 e. The molecule has 0 unspecified atom stereocenters. The summed E-state index contributed by atoms with van der Waals surface area (Å²) in [5, 5.41) is 7.59. The van der Waals surface area contributed by atoms with Crippen molar-refractivity contribution in [1.82, 2.24) is 20.1 Å². The lowest BCUT2D eigenvalue weighted by atomic mass is 10.4. The van der Waals surface area contributed by atoms with Gasteiger partial charge in [-0.05, 0) is 0 Å². The number of hydrogen-bond donors (Lipinski definition) is 1. The van der Waals surface area contributed by atoms with Gasteiger partial charge in [0.05, 0.1) is 19.0 Å². The molecule has 1 aliphatic heterocycles. The first-order valence-electron chi connectivity index (χ1n) is 5.16. The summed E-state index contributed by atoms with van der Waals surface area (Å²) in [5.74, 6) is 0.263. The van der Waals surface area contributed by atoms with E-state index in [1.807, 2.05) is 0 Å². The molecule has 92 valence electrons. The topological polar surface area (TPSA) is 88.2 Å². The summed E-state index contributed by atoms with van der Waals surface area (Å²) < 4.78 is 5.16. The van der Waals surface area contributed by atoms with Crippen LogP contribution in [0.5, 0.6) is 0 Å². The highest BCUT2D eigenvalue weighted by Gasteiger charge is 2.17. The SMILES string of the molecule is O=C(CSc1nncc(=O)[nH]1)N1CCOCC1. The molecule has 1 N–H and O–H groups in total. The zero-order valence-corrected chi connectivity index (χ0v) is 9.90. The molecule has 1 aromatic heterocycles. The quantitative estimate of drug-likeness (QED) is 0.706. The molecule has 8 heteroatoms. The average molecular weight is 256 g/mol.